The standard InChI is InChI=1S/C18H25N3O2/c1-20-16(22)11-21(12-17(20)23)15-7-5-14(6-8-15)18(13-19)9-3-2-4-10-18/h5-8H,2-4,9-13,19H2,1H3. The van der Waals surface area contributed by atoms with Crippen molar-refractivity contribution in [1.29, 1.82) is 0 Å². The first-order valence-corrected chi connectivity index (χ1v) is 8.41. The van der Waals surface area contributed by atoms with Crippen molar-refractivity contribution in [1.82, 2.24) is 4.90 Å². The number of hydrogen-bond donors (Lipinski definition) is 1. The quantitative estimate of drug-likeness (QED) is 0.861. The van der Waals surface area contributed by atoms with Crippen molar-refractivity contribution in [3.8, 4) is 0 Å². The molecule has 1 heterocycles. The fraction of sp³-hybridized carbons (Fsp3) is 0.556. The second-order valence-corrected chi connectivity index (χ2v) is 6.79. The summed E-state index contributed by atoms with van der Waals surface area (Å²) in [5.74, 6) is -0.313. The molecule has 1 saturated heterocycles. The summed E-state index contributed by atoms with van der Waals surface area (Å²) in [7, 11) is 1.54. The van der Waals surface area contributed by atoms with E-state index in [0.717, 1.165) is 18.5 Å². The highest BCUT2D eigenvalue weighted by atomic mass is 16.2. The molecule has 0 radical (unpaired) electrons. The van der Waals surface area contributed by atoms with E-state index in [2.05, 4.69) is 12.1 Å². The van der Waals surface area contributed by atoms with Crippen molar-refractivity contribution < 1.29 is 9.59 Å². The largest absolute Gasteiger partial charge is 0.353 e. The number of benzene rings is 1. The first-order chi connectivity index (χ1) is 11.1. The maximum absolute atomic E-state index is 11.8. The van der Waals surface area contributed by atoms with Gasteiger partial charge < -0.3 is 10.6 Å². The van der Waals surface area contributed by atoms with Crippen LogP contribution in [-0.2, 0) is 15.0 Å². The van der Waals surface area contributed by atoms with Gasteiger partial charge in [0, 0.05) is 24.7 Å². The Morgan fingerprint density at radius 3 is 2.09 bits per heavy atom. The lowest BCUT2D eigenvalue weighted by Gasteiger charge is -2.37. The van der Waals surface area contributed by atoms with Gasteiger partial charge >= 0.3 is 0 Å². The van der Waals surface area contributed by atoms with Crippen LogP contribution in [0.3, 0.4) is 0 Å². The Morgan fingerprint density at radius 1 is 1.00 bits per heavy atom. The van der Waals surface area contributed by atoms with E-state index in [1.54, 1.807) is 7.05 Å². The summed E-state index contributed by atoms with van der Waals surface area (Å²) in [6.45, 7) is 1.19. The molecule has 1 saturated carbocycles. The van der Waals surface area contributed by atoms with Gasteiger partial charge in [-0.25, -0.2) is 0 Å². The predicted octanol–water partition coefficient (Wildman–Crippen LogP) is 1.65. The summed E-state index contributed by atoms with van der Waals surface area (Å²) in [5.41, 5.74) is 8.41. The third-order valence-corrected chi connectivity index (χ3v) is 5.45. The molecule has 23 heavy (non-hydrogen) atoms. The van der Waals surface area contributed by atoms with Crippen LogP contribution >= 0.6 is 0 Å². The highest BCUT2D eigenvalue weighted by Crippen LogP contribution is 2.39. The summed E-state index contributed by atoms with van der Waals surface area (Å²) >= 11 is 0. The molecule has 2 amide bonds. The van der Waals surface area contributed by atoms with E-state index >= 15 is 0 Å². The van der Waals surface area contributed by atoms with Gasteiger partial charge in [0.2, 0.25) is 11.8 Å². The molecule has 0 bridgehead atoms. The fourth-order valence-electron chi connectivity index (χ4n) is 3.78. The van der Waals surface area contributed by atoms with Gasteiger partial charge in [0.1, 0.15) is 0 Å². The number of nitrogens with zero attached hydrogens (tertiary/aromatic N) is 2. The topological polar surface area (TPSA) is 66.6 Å². The minimum atomic E-state index is -0.156. The van der Waals surface area contributed by atoms with Crippen LogP contribution in [0.5, 0.6) is 0 Å². The van der Waals surface area contributed by atoms with Crippen LogP contribution in [0, 0.1) is 0 Å². The lowest BCUT2D eigenvalue weighted by atomic mass is 9.69. The van der Waals surface area contributed by atoms with E-state index in [0.29, 0.717) is 6.54 Å². The van der Waals surface area contributed by atoms with Crippen molar-refractivity contribution in [2.45, 2.75) is 37.5 Å². The number of nitrogens with two attached hydrogens (primary N) is 1. The summed E-state index contributed by atoms with van der Waals surface area (Å²) in [6.07, 6.45) is 6.06. The van der Waals surface area contributed by atoms with Crippen LogP contribution in [0.15, 0.2) is 24.3 Å². The number of imide groups is 1. The van der Waals surface area contributed by atoms with Gasteiger partial charge in [-0.3, -0.25) is 14.5 Å². The highest BCUT2D eigenvalue weighted by molar-refractivity contribution is 6.02. The Hall–Kier alpha value is -1.88. The van der Waals surface area contributed by atoms with Crippen molar-refractivity contribution in [2.75, 3.05) is 31.6 Å². The molecule has 0 spiro atoms. The molecular formula is C18H25N3O2. The molecule has 2 N–H and O–H groups in total. The Bertz CT molecular complexity index is 573. The molecule has 2 fully saturated rings. The Morgan fingerprint density at radius 2 is 1.57 bits per heavy atom. The summed E-state index contributed by atoms with van der Waals surface area (Å²) in [5, 5.41) is 0. The number of rotatable bonds is 3. The highest BCUT2D eigenvalue weighted by Gasteiger charge is 2.33. The lowest BCUT2D eigenvalue weighted by molar-refractivity contribution is -0.143. The SMILES string of the molecule is CN1C(=O)CN(c2ccc(C3(CN)CCCCC3)cc2)CC1=O. The van der Waals surface area contributed by atoms with Crippen molar-refractivity contribution >= 4 is 17.5 Å². The van der Waals surface area contributed by atoms with Crippen LogP contribution in [0.2, 0.25) is 0 Å². The number of carbonyl (C=O) groups is 2. The smallest absolute Gasteiger partial charge is 0.248 e. The van der Waals surface area contributed by atoms with Crippen molar-refractivity contribution in [2.24, 2.45) is 5.73 Å². The van der Waals surface area contributed by atoms with Gasteiger partial charge in [0.05, 0.1) is 13.1 Å². The summed E-state index contributed by atoms with van der Waals surface area (Å²) in [6, 6.07) is 8.29. The molecule has 1 aliphatic heterocycles. The second-order valence-electron chi connectivity index (χ2n) is 6.79. The number of likely N-dealkylation sites (N-methyl/N-ethyl adjacent to an activating group) is 1. The molecule has 5 nitrogen and oxygen atoms in total. The molecule has 0 aromatic heterocycles. The second kappa shape index (κ2) is 6.32. The van der Waals surface area contributed by atoms with E-state index in [1.165, 1.54) is 29.7 Å². The van der Waals surface area contributed by atoms with Crippen molar-refractivity contribution in [3.63, 3.8) is 0 Å². The monoisotopic (exact) mass is 315 g/mol. The zero-order valence-corrected chi connectivity index (χ0v) is 13.8. The minimum Gasteiger partial charge on any atom is -0.353 e. The van der Waals surface area contributed by atoms with E-state index in [-0.39, 0.29) is 30.3 Å². The number of amides is 2. The van der Waals surface area contributed by atoms with Gasteiger partial charge in [-0.15, -0.1) is 0 Å². The van der Waals surface area contributed by atoms with Crippen LogP contribution in [-0.4, -0.2) is 43.4 Å². The third kappa shape index (κ3) is 2.98. The molecule has 1 aliphatic carbocycles. The average molecular weight is 315 g/mol. The molecule has 5 heteroatoms. The maximum atomic E-state index is 11.8. The van der Waals surface area contributed by atoms with Gasteiger partial charge in [0.15, 0.2) is 0 Å². The van der Waals surface area contributed by atoms with Crippen LogP contribution in [0.4, 0.5) is 5.69 Å². The van der Waals surface area contributed by atoms with Crippen molar-refractivity contribution in [3.05, 3.63) is 29.8 Å². The van der Waals surface area contributed by atoms with E-state index in [1.807, 2.05) is 17.0 Å². The fourth-order valence-corrected chi connectivity index (χ4v) is 3.78. The van der Waals surface area contributed by atoms with E-state index in [9.17, 15) is 9.59 Å². The molecular weight excluding hydrogens is 290 g/mol. The maximum Gasteiger partial charge on any atom is 0.248 e. The van der Waals surface area contributed by atoms with Crippen LogP contribution < -0.4 is 10.6 Å². The molecule has 1 aromatic carbocycles. The van der Waals surface area contributed by atoms with Gasteiger partial charge in [-0.05, 0) is 30.5 Å². The summed E-state index contributed by atoms with van der Waals surface area (Å²) in [4.78, 5) is 26.7. The summed E-state index contributed by atoms with van der Waals surface area (Å²) < 4.78 is 0. The van der Waals surface area contributed by atoms with Gasteiger partial charge in [0.25, 0.3) is 0 Å². The van der Waals surface area contributed by atoms with E-state index in [4.69, 9.17) is 5.73 Å². The lowest BCUT2D eigenvalue weighted by Crippen LogP contribution is -2.52. The Labute approximate surface area is 137 Å². The first-order valence-electron chi connectivity index (χ1n) is 8.41. The molecule has 1 aromatic rings. The zero-order chi connectivity index (χ0) is 16.4. The van der Waals surface area contributed by atoms with Gasteiger partial charge in [-0.1, -0.05) is 31.4 Å². The number of piperazine rings is 1. The number of carbonyl (C=O) groups excluding carboxylic acids is 2. The van der Waals surface area contributed by atoms with Gasteiger partial charge in [-0.2, -0.15) is 0 Å². The third-order valence-electron chi connectivity index (χ3n) is 5.45. The number of hydrogen-bond acceptors (Lipinski definition) is 4. The average Bonchev–Trinajstić information content (AvgIpc) is 2.60. The molecule has 2 aliphatic rings. The Kier molecular flexibility index (Phi) is 4.39. The van der Waals surface area contributed by atoms with Crippen LogP contribution in [0.25, 0.3) is 0 Å². The zero-order valence-electron chi connectivity index (χ0n) is 13.8. The normalized spacial score (nSPS) is 21.7. The molecule has 3 rings (SSSR count). The first kappa shape index (κ1) is 16.0. The number of anilines is 1. The Balaban J connectivity index is 1.79. The predicted molar refractivity (Wildman–Crippen MR) is 90.2 cm³/mol. The van der Waals surface area contributed by atoms with Crippen LogP contribution in [0.1, 0.15) is 37.7 Å². The molecule has 0 atom stereocenters. The molecule has 124 valence electrons. The van der Waals surface area contributed by atoms with E-state index < -0.39 is 0 Å². The molecule has 0 unspecified atom stereocenters. The minimum absolute atomic E-state index is 0.102.